The van der Waals surface area contributed by atoms with Gasteiger partial charge < -0.3 is 14.4 Å². The number of rotatable bonds is 4. The summed E-state index contributed by atoms with van der Waals surface area (Å²) in [4.78, 5) is 15.7. The van der Waals surface area contributed by atoms with Crippen LogP contribution in [0.5, 0.6) is 5.75 Å². The highest BCUT2D eigenvalue weighted by Crippen LogP contribution is 2.64. The fraction of sp³-hybridized carbons (Fsp3) is 0.458. The van der Waals surface area contributed by atoms with Crippen LogP contribution < -0.4 is 4.74 Å². The van der Waals surface area contributed by atoms with Crippen molar-refractivity contribution in [3.05, 3.63) is 54.1 Å². The van der Waals surface area contributed by atoms with Crippen LogP contribution in [0.25, 0.3) is 0 Å². The molecule has 0 radical (unpaired) electrons. The first-order valence-corrected chi connectivity index (χ1v) is 13.5. The second kappa shape index (κ2) is 9.17. The van der Waals surface area contributed by atoms with Gasteiger partial charge in [-0.05, 0) is 45.0 Å². The van der Waals surface area contributed by atoms with E-state index in [1.807, 2.05) is 63.2 Å². The van der Waals surface area contributed by atoms with Crippen molar-refractivity contribution in [2.45, 2.75) is 60.4 Å². The zero-order valence-electron chi connectivity index (χ0n) is 18.7. The molecule has 8 heteroatoms. The van der Waals surface area contributed by atoms with E-state index in [0.717, 1.165) is 10.5 Å². The van der Waals surface area contributed by atoms with Crippen molar-refractivity contribution in [2.24, 2.45) is 0 Å². The smallest absolute Gasteiger partial charge is 0.410 e. The van der Waals surface area contributed by atoms with Gasteiger partial charge in [-0.1, -0.05) is 24.3 Å². The molecular weight excluding hydrogens is 446 g/mol. The van der Waals surface area contributed by atoms with Gasteiger partial charge in [-0.15, -0.1) is 11.8 Å². The Labute approximate surface area is 195 Å². The van der Waals surface area contributed by atoms with Crippen molar-refractivity contribution in [2.75, 3.05) is 18.8 Å². The summed E-state index contributed by atoms with van der Waals surface area (Å²) in [5.74, 6) is 1.00. The van der Waals surface area contributed by atoms with E-state index < -0.39 is 16.2 Å². The van der Waals surface area contributed by atoms with Crippen molar-refractivity contribution < 1.29 is 23.4 Å². The van der Waals surface area contributed by atoms with Gasteiger partial charge in [-0.2, -0.15) is 10.6 Å². The Bertz CT molecular complexity index is 953. The minimum Gasteiger partial charge on any atom is -0.490 e. The first-order chi connectivity index (χ1) is 15.1. The lowest BCUT2D eigenvalue weighted by Crippen LogP contribution is -2.44. The molecule has 2 aliphatic rings. The maximum Gasteiger partial charge on any atom is 0.410 e. The van der Waals surface area contributed by atoms with Crippen molar-refractivity contribution in [3.8, 4) is 5.75 Å². The maximum atomic E-state index is 12.3. The first kappa shape index (κ1) is 23.3. The van der Waals surface area contributed by atoms with E-state index in [1.165, 1.54) is 0 Å². The Morgan fingerprint density at radius 1 is 1.06 bits per heavy atom. The third-order valence-corrected chi connectivity index (χ3v) is 8.79. The van der Waals surface area contributed by atoms with E-state index >= 15 is 0 Å². The summed E-state index contributed by atoms with van der Waals surface area (Å²) in [5, 5.41) is -0.0875. The second-order valence-corrected chi connectivity index (χ2v) is 12.6. The van der Waals surface area contributed by atoms with E-state index in [0.29, 0.717) is 42.3 Å². The van der Waals surface area contributed by atoms with Crippen LogP contribution in [0.2, 0.25) is 0 Å². The fourth-order valence-corrected chi connectivity index (χ4v) is 7.61. The van der Waals surface area contributed by atoms with Gasteiger partial charge in [0, 0.05) is 36.4 Å². The molecule has 2 aromatic rings. The third-order valence-electron chi connectivity index (χ3n) is 5.49. The molecule has 0 saturated carbocycles. The average Bonchev–Trinajstić information content (AvgIpc) is 2.99. The van der Waals surface area contributed by atoms with Gasteiger partial charge in [0.15, 0.2) is 0 Å². The number of amides is 1. The molecule has 0 aliphatic carbocycles. The molecule has 2 aliphatic heterocycles. The molecule has 0 aromatic heterocycles. The number of carbonyl (C=O) groups excluding carboxylic acids is 1. The van der Waals surface area contributed by atoms with Gasteiger partial charge in [-0.25, -0.2) is 4.79 Å². The zero-order valence-corrected chi connectivity index (χ0v) is 20.3. The molecule has 2 heterocycles. The van der Waals surface area contributed by atoms with E-state index in [9.17, 15) is 13.9 Å². The number of piperidine rings is 1. The second-order valence-electron chi connectivity index (χ2n) is 9.21. The molecular formula is C24H31NO5S2. The molecule has 4 rings (SSSR count). The molecule has 1 fully saturated rings. The Kier molecular flexibility index (Phi) is 6.68. The van der Waals surface area contributed by atoms with Gasteiger partial charge >= 0.3 is 6.09 Å². The monoisotopic (exact) mass is 477 g/mol. The lowest BCUT2D eigenvalue weighted by Gasteiger charge is -2.34. The van der Waals surface area contributed by atoms with Crippen molar-refractivity contribution in [3.63, 3.8) is 0 Å². The van der Waals surface area contributed by atoms with Gasteiger partial charge in [0.1, 0.15) is 17.5 Å². The lowest BCUT2D eigenvalue weighted by molar-refractivity contribution is 0.0125. The number of nitrogens with zero attached hydrogens (tertiary/aromatic N) is 1. The Morgan fingerprint density at radius 2 is 1.75 bits per heavy atom. The Hall–Kier alpha value is -1.87. The van der Waals surface area contributed by atoms with Crippen LogP contribution in [0.3, 0.4) is 0 Å². The summed E-state index contributed by atoms with van der Waals surface area (Å²) < 4.78 is 33.3. The van der Waals surface area contributed by atoms with Crippen molar-refractivity contribution >= 4 is 28.4 Å². The van der Waals surface area contributed by atoms with Crippen LogP contribution in [-0.4, -0.2) is 50.6 Å². The van der Waals surface area contributed by atoms with Crippen LogP contribution in [0.1, 0.15) is 44.4 Å². The number of benzene rings is 2. The highest BCUT2D eigenvalue weighted by atomic mass is 32.3. The van der Waals surface area contributed by atoms with Gasteiger partial charge in [-0.3, -0.25) is 9.11 Å². The molecule has 2 N–H and O–H groups in total. The molecule has 6 nitrogen and oxygen atoms in total. The number of hydrogen-bond acceptors (Lipinski definition) is 6. The predicted molar refractivity (Wildman–Crippen MR) is 129 cm³/mol. The lowest BCUT2D eigenvalue weighted by atomic mass is 10.1. The van der Waals surface area contributed by atoms with E-state index in [4.69, 9.17) is 9.47 Å². The Balaban J connectivity index is 1.47. The molecule has 1 unspecified atom stereocenters. The van der Waals surface area contributed by atoms with Gasteiger partial charge in [0.05, 0.1) is 15.9 Å². The molecule has 0 spiro atoms. The van der Waals surface area contributed by atoms with E-state index in [1.54, 1.807) is 22.7 Å². The number of fused-ring (bicyclic) bond motifs is 1. The van der Waals surface area contributed by atoms with E-state index in [2.05, 4.69) is 0 Å². The number of thioether (sulfide) groups is 1. The number of hydrogen-bond donors (Lipinski definition) is 2. The fourth-order valence-electron chi connectivity index (χ4n) is 4.03. The quantitative estimate of drug-likeness (QED) is 0.529. The van der Waals surface area contributed by atoms with Crippen LogP contribution in [0.4, 0.5) is 4.79 Å². The summed E-state index contributed by atoms with van der Waals surface area (Å²) in [6, 6.07) is 15.5. The summed E-state index contributed by atoms with van der Waals surface area (Å²) in [7, 11) is -2.85. The average molecular weight is 478 g/mol. The highest BCUT2D eigenvalue weighted by molar-refractivity contribution is 8.25. The Morgan fingerprint density at radius 3 is 2.41 bits per heavy atom. The summed E-state index contributed by atoms with van der Waals surface area (Å²) in [6.45, 7) is 6.75. The minimum absolute atomic E-state index is 0.0371. The molecule has 1 atom stereocenters. The maximum absolute atomic E-state index is 12.3. The number of likely N-dealkylation sites (tertiary alicyclic amines) is 1. The topological polar surface area (TPSA) is 79.2 Å². The summed E-state index contributed by atoms with van der Waals surface area (Å²) >= 11 is 1.63. The van der Waals surface area contributed by atoms with Crippen LogP contribution in [0, 0.1) is 0 Å². The summed E-state index contributed by atoms with van der Waals surface area (Å²) in [5.41, 5.74) is 0.375. The number of carbonyl (C=O) groups is 1. The SMILES string of the molecule is CC(C)(C)OC(=O)N1CCC(Oc2cccc3c2C(Sc2ccccc2)CS3(O)O)CC1. The first-order valence-electron chi connectivity index (χ1n) is 10.9. The number of ether oxygens (including phenoxy) is 2. The van der Waals surface area contributed by atoms with Crippen LogP contribution >= 0.6 is 22.4 Å². The third kappa shape index (κ3) is 5.36. The molecule has 1 amide bonds. The zero-order chi connectivity index (χ0) is 22.9. The molecule has 2 aromatic carbocycles. The molecule has 174 valence electrons. The molecule has 1 saturated heterocycles. The predicted octanol–water partition coefficient (Wildman–Crippen LogP) is 6.42. The highest BCUT2D eigenvalue weighted by Gasteiger charge is 2.39. The van der Waals surface area contributed by atoms with Crippen LogP contribution in [0.15, 0.2) is 58.3 Å². The minimum atomic E-state index is -2.85. The molecule has 0 bridgehead atoms. The summed E-state index contributed by atoms with van der Waals surface area (Å²) in [6.07, 6.45) is 1.08. The van der Waals surface area contributed by atoms with Crippen LogP contribution in [-0.2, 0) is 4.74 Å². The van der Waals surface area contributed by atoms with E-state index in [-0.39, 0.29) is 17.4 Å². The van der Waals surface area contributed by atoms with Crippen molar-refractivity contribution in [1.29, 1.82) is 0 Å². The normalized spacial score (nSPS) is 21.7. The van der Waals surface area contributed by atoms with Crippen molar-refractivity contribution in [1.82, 2.24) is 4.90 Å². The largest absolute Gasteiger partial charge is 0.490 e. The standard InChI is InChI=1S/C24H31NO5S2/c1-24(2,3)30-23(26)25-14-12-17(13-15-25)29-19-10-7-11-21-22(19)20(16-32(21,27)28)31-18-8-5-4-6-9-18/h4-11,17,20,27-28H,12-16H2,1-3H3. The van der Waals surface area contributed by atoms with Gasteiger partial charge in [0.25, 0.3) is 0 Å². The molecule has 32 heavy (non-hydrogen) atoms. The van der Waals surface area contributed by atoms with Gasteiger partial charge in [0.2, 0.25) is 0 Å².